The maximum absolute atomic E-state index is 10.6. The first kappa shape index (κ1) is 12.8. The lowest BCUT2D eigenvalue weighted by Gasteiger charge is -2.23. The van der Waals surface area contributed by atoms with Crippen LogP contribution in [0.25, 0.3) is 0 Å². The largest absolute Gasteiger partial charge is 0.480 e. The molecule has 1 rings (SSSR count). The summed E-state index contributed by atoms with van der Waals surface area (Å²) < 4.78 is 0.308. The molecule has 1 atom stereocenters. The third-order valence-electron chi connectivity index (χ3n) is 2.70. The zero-order valence-corrected chi connectivity index (χ0v) is 10.2. The molecule has 0 amide bonds. The number of rotatable bonds is 3. The van der Waals surface area contributed by atoms with Crippen LogP contribution in [0.2, 0.25) is 0 Å². The first-order chi connectivity index (χ1) is 6.91. The quantitative estimate of drug-likeness (QED) is 0.746. The minimum atomic E-state index is -0.911. The number of aliphatic carboxylic acids is 1. The van der Waals surface area contributed by atoms with Crippen LogP contribution in [0.15, 0.2) is 0 Å². The SMILES string of the molecule is CC1(C)CCN(CC(N)C(=O)O)CCS1. The first-order valence-electron chi connectivity index (χ1n) is 5.25. The van der Waals surface area contributed by atoms with Crippen molar-refractivity contribution >= 4 is 17.7 Å². The fourth-order valence-corrected chi connectivity index (χ4v) is 2.74. The van der Waals surface area contributed by atoms with E-state index in [1.807, 2.05) is 11.8 Å². The van der Waals surface area contributed by atoms with Crippen molar-refractivity contribution in [2.75, 3.05) is 25.4 Å². The van der Waals surface area contributed by atoms with Crippen molar-refractivity contribution in [2.45, 2.75) is 31.1 Å². The monoisotopic (exact) mass is 232 g/mol. The molecule has 1 unspecified atom stereocenters. The van der Waals surface area contributed by atoms with Crippen LogP contribution in [-0.4, -0.2) is 52.2 Å². The van der Waals surface area contributed by atoms with Gasteiger partial charge in [-0.05, 0) is 13.0 Å². The number of carbonyl (C=O) groups is 1. The van der Waals surface area contributed by atoms with Crippen molar-refractivity contribution in [3.63, 3.8) is 0 Å². The minimum absolute atomic E-state index is 0.308. The van der Waals surface area contributed by atoms with Crippen molar-refractivity contribution in [1.29, 1.82) is 0 Å². The zero-order valence-electron chi connectivity index (χ0n) is 9.40. The summed E-state index contributed by atoms with van der Waals surface area (Å²) in [5, 5.41) is 8.73. The van der Waals surface area contributed by atoms with Gasteiger partial charge in [0.25, 0.3) is 0 Å². The summed E-state index contributed by atoms with van der Waals surface area (Å²) in [6.07, 6.45) is 1.09. The fourth-order valence-electron chi connectivity index (χ4n) is 1.60. The Balaban J connectivity index is 2.41. The lowest BCUT2D eigenvalue weighted by atomic mass is 10.1. The first-order valence-corrected chi connectivity index (χ1v) is 6.24. The topological polar surface area (TPSA) is 66.6 Å². The Morgan fingerprint density at radius 2 is 2.27 bits per heavy atom. The van der Waals surface area contributed by atoms with Crippen LogP contribution >= 0.6 is 11.8 Å². The number of carboxylic acid groups (broad SMARTS) is 1. The molecule has 15 heavy (non-hydrogen) atoms. The smallest absolute Gasteiger partial charge is 0.321 e. The molecule has 1 aliphatic rings. The summed E-state index contributed by atoms with van der Waals surface area (Å²) in [7, 11) is 0. The van der Waals surface area contributed by atoms with Gasteiger partial charge < -0.3 is 15.7 Å². The molecular weight excluding hydrogens is 212 g/mol. The van der Waals surface area contributed by atoms with Gasteiger partial charge in [0.15, 0.2) is 0 Å². The van der Waals surface area contributed by atoms with E-state index in [4.69, 9.17) is 10.8 Å². The number of carboxylic acids is 1. The highest BCUT2D eigenvalue weighted by atomic mass is 32.2. The molecule has 1 aliphatic heterocycles. The van der Waals surface area contributed by atoms with Crippen LogP contribution < -0.4 is 5.73 Å². The molecular formula is C10H20N2O2S. The van der Waals surface area contributed by atoms with Gasteiger partial charge in [0.2, 0.25) is 0 Å². The molecule has 0 spiro atoms. The van der Waals surface area contributed by atoms with Gasteiger partial charge >= 0.3 is 5.97 Å². The Kier molecular flexibility index (Phi) is 4.43. The average Bonchev–Trinajstić information content (AvgIpc) is 2.28. The molecule has 0 aromatic rings. The second-order valence-electron chi connectivity index (χ2n) is 4.60. The van der Waals surface area contributed by atoms with Crippen LogP contribution in [0.5, 0.6) is 0 Å². The minimum Gasteiger partial charge on any atom is -0.480 e. The van der Waals surface area contributed by atoms with Crippen LogP contribution in [0.4, 0.5) is 0 Å². The van der Waals surface area contributed by atoms with Crippen molar-refractivity contribution in [1.82, 2.24) is 4.90 Å². The van der Waals surface area contributed by atoms with Crippen LogP contribution in [0.1, 0.15) is 20.3 Å². The third kappa shape index (κ3) is 4.40. The standard InChI is InChI=1S/C10H20N2O2S/c1-10(2)3-4-12(5-6-15-10)7-8(11)9(13)14/h8H,3-7,11H2,1-2H3,(H,13,14). The van der Waals surface area contributed by atoms with Crippen molar-refractivity contribution in [2.24, 2.45) is 5.73 Å². The molecule has 4 nitrogen and oxygen atoms in total. The van der Waals surface area contributed by atoms with E-state index in [1.54, 1.807) is 0 Å². The van der Waals surface area contributed by atoms with Crippen LogP contribution in [-0.2, 0) is 4.79 Å². The molecule has 0 aromatic carbocycles. The lowest BCUT2D eigenvalue weighted by molar-refractivity contribution is -0.139. The summed E-state index contributed by atoms with van der Waals surface area (Å²) in [6.45, 7) is 6.82. The molecule has 0 aliphatic carbocycles. The van der Waals surface area contributed by atoms with Gasteiger partial charge in [0.1, 0.15) is 6.04 Å². The Bertz CT molecular complexity index is 233. The molecule has 0 radical (unpaired) electrons. The van der Waals surface area contributed by atoms with Crippen molar-refractivity contribution in [3.8, 4) is 0 Å². The lowest BCUT2D eigenvalue weighted by Crippen LogP contribution is -2.43. The molecule has 5 heteroatoms. The van der Waals surface area contributed by atoms with Crippen molar-refractivity contribution < 1.29 is 9.90 Å². The zero-order chi connectivity index (χ0) is 11.5. The summed E-state index contributed by atoms with van der Waals surface area (Å²) in [5.74, 6) is 0.144. The molecule has 1 fully saturated rings. The molecule has 0 aromatic heterocycles. The number of thioether (sulfide) groups is 1. The number of nitrogens with zero attached hydrogens (tertiary/aromatic N) is 1. The molecule has 3 N–H and O–H groups in total. The second kappa shape index (κ2) is 5.18. The highest BCUT2D eigenvalue weighted by Crippen LogP contribution is 2.30. The highest BCUT2D eigenvalue weighted by Gasteiger charge is 2.25. The van der Waals surface area contributed by atoms with E-state index >= 15 is 0 Å². The Labute approximate surface area is 95.2 Å². The predicted molar refractivity (Wildman–Crippen MR) is 63.2 cm³/mol. The van der Waals surface area contributed by atoms with E-state index in [0.29, 0.717) is 11.3 Å². The maximum Gasteiger partial charge on any atom is 0.321 e. The molecule has 88 valence electrons. The Morgan fingerprint density at radius 1 is 1.60 bits per heavy atom. The molecule has 1 heterocycles. The normalized spacial score (nSPS) is 24.5. The van der Waals surface area contributed by atoms with E-state index in [-0.39, 0.29) is 0 Å². The van der Waals surface area contributed by atoms with Gasteiger partial charge in [0, 0.05) is 23.6 Å². The second-order valence-corrected chi connectivity index (χ2v) is 6.41. The predicted octanol–water partition coefficient (Wildman–Crippen LogP) is 0.616. The number of nitrogens with two attached hydrogens (primary N) is 1. The van der Waals surface area contributed by atoms with Crippen LogP contribution in [0, 0.1) is 0 Å². The van der Waals surface area contributed by atoms with Gasteiger partial charge in [-0.15, -0.1) is 0 Å². The van der Waals surface area contributed by atoms with E-state index in [2.05, 4.69) is 18.7 Å². The van der Waals surface area contributed by atoms with Crippen LogP contribution in [0.3, 0.4) is 0 Å². The van der Waals surface area contributed by atoms with E-state index < -0.39 is 12.0 Å². The average molecular weight is 232 g/mol. The molecule has 0 saturated carbocycles. The van der Waals surface area contributed by atoms with Gasteiger partial charge in [-0.3, -0.25) is 4.79 Å². The van der Waals surface area contributed by atoms with E-state index in [9.17, 15) is 4.79 Å². The van der Waals surface area contributed by atoms with Gasteiger partial charge in [-0.25, -0.2) is 0 Å². The molecule has 0 bridgehead atoms. The summed E-state index contributed by atoms with van der Waals surface area (Å²) in [6, 6.07) is -0.754. The Hall–Kier alpha value is -0.260. The summed E-state index contributed by atoms with van der Waals surface area (Å²) >= 11 is 1.95. The highest BCUT2D eigenvalue weighted by molar-refractivity contribution is 8.00. The van der Waals surface area contributed by atoms with Gasteiger partial charge in [-0.2, -0.15) is 11.8 Å². The third-order valence-corrected chi connectivity index (χ3v) is 4.07. The van der Waals surface area contributed by atoms with E-state index in [0.717, 1.165) is 25.3 Å². The Morgan fingerprint density at radius 3 is 2.87 bits per heavy atom. The van der Waals surface area contributed by atoms with Crippen molar-refractivity contribution in [3.05, 3.63) is 0 Å². The van der Waals surface area contributed by atoms with Gasteiger partial charge in [-0.1, -0.05) is 13.8 Å². The number of hydrogen-bond acceptors (Lipinski definition) is 4. The fraction of sp³-hybridized carbons (Fsp3) is 0.900. The molecule has 1 saturated heterocycles. The van der Waals surface area contributed by atoms with E-state index in [1.165, 1.54) is 0 Å². The summed E-state index contributed by atoms with van der Waals surface area (Å²) in [5.41, 5.74) is 5.52. The summed E-state index contributed by atoms with van der Waals surface area (Å²) in [4.78, 5) is 12.8. The number of hydrogen-bond donors (Lipinski definition) is 2. The van der Waals surface area contributed by atoms with Gasteiger partial charge in [0.05, 0.1) is 0 Å². The maximum atomic E-state index is 10.6.